The lowest BCUT2D eigenvalue weighted by atomic mass is 9.76. The van der Waals surface area contributed by atoms with E-state index in [1.54, 1.807) is 18.2 Å². The molecule has 6 nitrogen and oxygen atoms in total. The molecule has 0 saturated heterocycles. The van der Waals surface area contributed by atoms with Gasteiger partial charge in [0.1, 0.15) is 29.8 Å². The number of aromatic hydroxyl groups is 2. The summed E-state index contributed by atoms with van der Waals surface area (Å²) in [4.78, 5) is 12.3. The first-order valence-corrected chi connectivity index (χ1v) is 8.15. The highest BCUT2D eigenvalue weighted by Gasteiger charge is 2.39. The van der Waals surface area contributed by atoms with E-state index in [1.807, 2.05) is 0 Å². The maximum absolute atomic E-state index is 12.3. The van der Waals surface area contributed by atoms with Crippen molar-refractivity contribution in [3.8, 4) is 11.5 Å². The zero-order chi connectivity index (χ0) is 18.3. The first-order valence-electron chi connectivity index (χ1n) is 8.15. The van der Waals surface area contributed by atoms with Gasteiger partial charge in [-0.15, -0.1) is 0 Å². The summed E-state index contributed by atoms with van der Waals surface area (Å²) in [5.41, 5.74) is 1.27. The van der Waals surface area contributed by atoms with E-state index < -0.39 is 18.3 Å². The Bertz CT molecular complexity index is 1180. The Labute approximate surface area is 146 Å². The van der Waals surface area contributed by atoms with Crippen LogP contribution in [0.25, 0.3) is 27.6 Å². The molecular formula is C20H14O6. The molecule has 0 fully saturated rings. The number of carbonyl (C=O) groups excluding carboxylic acids is 1. The lowest BCUT2D eigenvalue weighted by Gasteiger charge is -2.34. The van der Waals surface area contributed by atoms with Crippen molar-refractivity contribution in [2.45, 2.75) is 18.3 Å². The van der Waals surface area contributed by atoms with E-state index in [4.69, 9.17) is 0 Å². The predicted molar refractivity (Wildman–Crippen MR) is 94.1 cm³/mol. The molecule has 0 aliphatic heterocycles. The van der Waals surface area contributed by atoms with Gasteiger partial charge in [0.2, 0.25) is 0 Å². The van der Waals surface area contributed by atoms with Crippen molar-refractivity contribution in [3.63, 3.8) is 0 Å². The number of rotatable bonds is 0. The Balaban J connectivity index is 2.13. The zero-order valence-electron chi connectivity index (χ0n) is 13.3. The van der Waals surface area contributed by atoms with Gasteiger partial charge in [0, 0.05) is 10.9 Å². The van der Waals surface area contributed by atoms with Gasteiger partial charge in [-0.1, -0.05) is 12.1 Å². The Hall–Kier alpha value is -2.93. The second-order valence-corrected chi connectivity index (χ2v) is 6.71. The summed E-state index contributed by atoms with van der Waals surface area (Å²) in [6, 6.07) is 5.98. The summed E-state index contributed by atoms with van der Waals surface area (Å²) in [6.07, 6.45) is -1.40. The first kappa shape index (κ1) is 15.3. The molecule has 3 aromatic carbocycles. The van der Waals surface area contributed by atoms with Gasteiger partial charge in [-0.2, -0.15) is 0 Å². The molecule has 0 saturated carbocycles. The number of hydrogen-bond acceptors (Lipinski definition) is 6. The van der Waals surface area contributed by atoms with Gasteiger partial charge in [-0.05, 0) is 51.6 Å². The summed E-state index contributed by atoms with van der Waals surface area (Å²) in [6.45, 7) is 0. The van der Waals surface area contributed by atoms with Crippen LogP contribution in [-0.4, -0.2) is 37.4 Å². The van der Waals surface area contributed by atoms with Crippen LogP contribution in [0.1, 0.15) is 39.3 Å². The molecule has 130 valence electrons. The topological polar surface area (TPSA) is 118 Å². The van der Waals surface area contributed by atoms with E-state index in [0.717, 1.165) is 0 Å². The molecule has 0 amide bonds. The van der Waals surface area contributed by atoms with Gasteiger partial charge in [0.05, 0.1) is 5.56 Å². The number of aliphatic hydroxyl groups is 3. The molecule has 0 spiro atoms. The van der Waals surface area contributed by atoms with Crippen LogP contribution in [0.2, 0.25) is 0 Å². The smallest absolute Gasteiger partial charge is 0.190 e. The average molecular weight is 350 g/mol. The van der Waals surface area contributed by atoms with Crippen LogP contribution in [0.4, 0.5) is 0 Å². The highest BCUT2D eigenvalue weighted by molar-refractivity contribution is 6.26. The van der Waals surface area contributed by atoms with Crippen LogP contribution in [0.3, 0.4) is 0 Å². The summed E-state index contributed by atoms with van der Waals surface area (Å²) < 4.78 is 0. The zero-order valence-corrected chi connectivity index (χ0v) is 13.3. The quantitative estimate of drug-likeness (QED) is 0.396. The van der Waals surface area contributed by atoms with Crippen molar-refractivity contribution >= 4 is 33.4 Å². The third-order valence-corrected chi connectivity index (χ3v) is 5.41. The number of phenolic OH excluding ortho intramolecular Hbond substituents is 2. The average Bonchev–Trinajstić information content (AvgIpc) is 2.62. The van der Waals surface area contributed by atoms with Crippen LogP contribution < -0.4 is 0 Å². The molecule has 2 aliphatic rings. The van der Waals surface area contributed by atoms with Crippen LogP contribution in [0.5, 0.6) is 11.5 Å². The highest BCUT2D eigenvalue weighted by atomic mass is 16.4. The minimum absolute atomic E-state index is 0.139. The number of fused-ring (bicyclic) bond motifs is 2. The van der Waals surface area contributed by atoms with Crippen LogP contribution in [-0.2, 0) is 0 Å². The lowest BCUT2D eigenvalue weighted by molar-refractivity contribution is -0.0650. The van der Waals surface area contributed by atoms with E-state index in [9.17, 15) is 30.3 Å². The molecule has 5 N–H and O–H groups in total. The molecular weight excluding hydrogens is 336 g/mol. The van der Waals surface area contributed by atoms with E-state index >= 15 is 0 Å². The molecule has 0 bridgehead atoms. The maximum atomic E-state index is 12.3. The van der Waals surface area contributed by atoms with Crippen molar-refractivity contribution < 1.29 is 30.3 Å². The van der Waals surface area contributed by atoms with E-state index in [0.29, 0.717) is 32.7 Å². The highest BCUT2D eigenvalue weighted by Crippen LogP contribution is 2.51. The van der Waals surface area contributed by atoms with Crippen molar-refractivity contribution in [2.24, 2.45) is 0 Å². The van der Waals surface area contributed by atoms with Crippen LogP contribution >= 0.6 is 0 Å². The summed E-state index contributed by atoms with van der Waals surface area (Å²) >= 11 is 0. The van der Waals surface area contributed by atoms with Gasteiger partial charge >= 0.3 is 0 Å². The molecule has 3 atom stereocenters. The van der Waals surface area contributed by atoms with Gasteiger partial charge in [0.15, 0.2) is 5.78 Å². The number of hydrogen-bond donors (Lipinski definition) is 5. The standard InChI is InChI=1S/C20H14O6/c21-10-4-1-7-8-2-5-12(23)17-14(8)15(18(24)20(26)19(17)25)9-3-6-11(22)16(10)13(7)9/h1-6,18-20,22-26H/t18-,19-,20+/m0/s1. The number of aliphatic hydroxyl groups excluding tert-OH is 3. The molecule has 5 rings (SSSR count). The minimum Gasteiger partial charge on any atom is -0.508 e. The monoisotopic (exact) mass is 350 g/mol. The number of carbonyl (C=O) groups is 1. The fraction of sp³-hybridized carbons (Fsp3) is 0.150. The van der Waals surface area contributed by atoms with Gasteiger partial charge in [-0.3, -0.25) is 4.79 Å². The van der Waals surface area contributed by atoms with Crippen LogP contribution in [0.15, 0.2) is 30.3 Å². The Kier molecular flexibility index (Phi) is 2.84. The first-order chi connectivity index (χ1) is 12.4. The Morgan fingerprint density at radius 2 is 1.38 bits per heavy atom. The van der Waals surface area contributed by atoms with Gasteiger partial charge in [0.25, 0.3) is 0 Å². The summed E-state index contributed by atoms with van der Waals surface area (Å²) in [7, 11) is 0. The van der Waals surface area contributed by atoms with Crippen molar-refractivity contribution in [2.75, 3.05) is 0 Å². The lowest BCUT2D eigenvalue weighted by Crippen LogP contribution is -2.30. The minimum atomic E-state index is -1.53. The van der Waals surface area contributed by atoms with E-state index in [-0.39, 0.29) is 28.4 Å². The third kappa shape index (κ3) is 1.63. The van der Waals surface area contributed by atoms with Gasteiger partial charge < -0.3 is 25.5 Å². The molecule has 0 aromatic heterocycles. The number of ketones is 1. The molecule has 3 aromatic rings. The molecule has 0 heterocycles. The van der Waals surface area contributed by atoms with Crippen LogP contribution in [0, 0.1) is 0 Å². The van der Waals surface area contributed by atoms with Crippen molar-refractivity contribution in [3.05, 3.63) is 52.6 Å². The van der Waals surface area contributed by atoms with E-state index in [2.05, 4.69) is 0 Å². The second kappa shape index (κ2) is 4.82. The fourth-order valence-electron chi connectivity index (χ4n) is 4.27. The molecule has 2 aliphatic carbocycles. The molecule has 26 heavy (non-hydrogen) atoms. The molecule has 6 heteroatoms. The number of phenols is 2. The van der Waals surface area contributed by atoms with Crippen molar-refractivity contribution in [1.82, 2.24) is 0 Å². The van der Waals surface area contributed by atoms with E-state index in [1.165, 1.54) is 18.2 Å². The Morgan fingerprint density at radius 1 is 0.731 bits per heavy atom. The summed E-state index contributed by atoms with van der Waals surface area (Å²) in [5, 5.41) is 53.9. The van der Waals surface area contributed by atoms with Crippen molar-refractivity contribution in [1.29, 1.82) is 0 Å². The SMILES string of the molecule is O=C1C=Cc2c3ccc(O)c4c3c(c3ccc(O)c1c23)[C@H](O)[C@@H](O)[C@H]4O. The second-order valence-electron chi connectivity index (χ2n) is 6.71. The normalized spacial score (nSPS) is 23.8. The van der Waals surface area contributed by atoms with Gasteiger partial charge in [-0.25, -0.2) is 0 Å². The third-order valence-electron chi connectivity index (χ3n) is 5.41. The summed E-state index contributed by atoms with van der Waals surface area (Å²) in [5.74, 6) is -0.694. The number of allylic oxidation sites excluding steroid dienone is 1. The number of benzene rings is 3. The molecule has 0 unspecified atom stereocenters. The largest absolute Gasteiger partial charge is 0.508 e. The predicted octanol–water partition coefficient (Wildman–Crippen LogP) is 2.06. The Morgan fingerprint density at radius 3 is 2.15 bits per heavy atom. The maximum Gasteiger partial charge on any atom is 0.190 e. The molecule has 0 radical (unpaired) electrons. The fourth-order valence-corrected chi connectivity index (χ4v) is 4.27.